The third kappa shape index (κ3) is 4.44. The normalized spacial score (nSPS) is 15.8. The second-order valence-electron chi connectivity index (χ2n) is 8.90. The van der Waals surface area contributed by atoms with E-state index < -0.39 is 0 Å². The van der Waals surface area contributed by atoms with E-state index in [-0.39, 0.29) is 17.7 Å². The van der Waals surface area contributed by atoms with E-state index in [0.717, 1.165) is 41.9 Å². The van der Waals surface area contributed by atoms with Crippen LogP contribution in [0, 0.1) is 6.92 Å². The Kier molecular flexibility index (Phi) is 5.90. The molecule has 1 saturated heterocycles. The Morgan fingerprint density at radius 1 is 1.11 bits per heavy atom. The first kappa shape index (κ1) is 22.5. The van der Waals surface area contributed by atoms with Gasteiger partial charge in [0.15, 0.2) is 0 Å². The van der Waals surface area contributed by atoms with Crippen molar-refractivity contribution in [1.29, 1.82) is 0 Å². The van der Waals surface area contributed by atoms with Crippen molar-refractivity contribution in [3.05, 3.63) is 71.9 Å². The number of aryl methyl sites for hydroxylation is 1. The van der Waals surface area contributed by atoms with Gasteiger partial charge in [-0.25, -0.2) is 15.0 Å². The van der Waals surface area contributed by atoms with Gasteiger partial charge in [0.1, 0.15) is 28.7 Å². The van der Waals surface area contributed by atoms with Gasteiger partial charge in [0.25, 0.3) is 5.91 Å². The Morgan fingerprint density at radius 2 is 1.91 bits per heavy atom. The monoisotopic (exact) mass is 469 g/mol. The number of anilines is 2. The van der Waals surface area contributed by atoms with Crippen LogP contribution < -0.4 is 11.1 Å². The molecule has 3 aromatic heterocycles. The van der Waals surface area contributed by atoms with Crippen LogP contribution >= 0.6 is 0 Å². The number of fused-ring (bicyclic) bond motifs is 1. The number of benzene rings is 1. The summed E-state index contributed by atoms with van der Waals surface area (Å²) in [4.78, 5) is 40.0. The van der Waals surface area contributed by atoms with E-state index in [9.17, 15) is 9.59 Å². The number of nitrogens with two attached hydrogens (primary N) is 1. The molecule has 1 atom stereocenters. The van der Waals surface area contributed by atoms with Gasteiger partial charge in [-0.2, -0.15) is 0 Å². The topological polar surface area (TPSA) is 119 Å². The Balaban J connectivity index is 1.47. The van der Waals surface area contributed by atoms with Gasteiger partial charge in [-0.05, 0) is 49.6 Å². The van der Waals surface area contributed by atoms with E-state index in [1.807, 2.05) is 46.7 Å². The lowest BCUT2D eigenvalue weighted by molar-refractivity contribution is -0.130. The van der Waals surface area contributed by atoms with Gasteiger partial charge < -0.3 is 16.0 Å². The van der Waals surface area contributed by atoms with Gasteiger partial charge in [0, 0.05) is 55.6 Å². The summed E-state index contributed by atoms with van der Waals surface area (Å²) in [5, 5.41) is 2.83. The molecule has 9 nitrogen and oxygen atoms in total. The molecule has 0 saturated carbocycles. The summed E-state index contributed by atoms with van der Waals surface area (Å²) in [6, 6.07) is 10.9. The summed E-state index contributed by atoms with van der Waals surface area (Å²) < 4.78 is 1.98. The predicted molar refractivity (Wildman–Crippen MR) is 134 cm³/mol. The van der Waals surface area contributed by atoms with Crippen molar-refractivity contribution in [2.45, 2.75) is 32.6 Å². The first-order chi connectivity index (χ1) is 16.9. The molecule has 0 bridgehead atoms. The highest BCUT2D eigenvalue weighted by Crippen LogP contribution is 2.34. The Morgan fingerprint density at radius 3 is 2.66 bits per heavy atom. The summed E-state index contributed by atoms with van der Waals surface area (Å²) in [7, 11) is 0. The maximum atomic E-state index is 12.7. The quantitative estimate of drug-likeness (QED) is 0.471. The number of aromatic nitrogens is 4. The minimum absolute atomic E-state index is 0.0756. The van der Waals surface area contributed by atoms with Crippen LogP contribution in [0.2, 0.25) is 0 Å². The highest BCUT2D eigenvalue weighted by molar-refractivity contribution is 6.04. The predicted octanol–water partition coefficient (Wildman–Crippen LogP) is 3.66. The van der Waals surface area contributed by atoms with Gasteiger partial charge >= 0.3 is 0 Å². The van der Waals surface area contributed by atoms with Crippen LogP contribution in [0.3, 0.4) is 0 Å². The maximum Gasteiger partial charge on any atom is 0.256 e. The molecule has 1 aromatic carbocycles. The number of nitrogens with one attached hydrogen (secondary N) is 1. The molecule has 0 radical (unpaired) electrons. The molecule has 1 fully saturated rings. The molecule has 5 rings (SSSR count). The van der Waals surface area contributed by atoms with Crippen LogP contribution in [0.4, 0.5) is 11.6 Å². The van der Waals surface area contributed by atoms with E-state index in [4.69, 9.17) is 10.7 Å². The smallest absolute Gasteiger partial charge is 0.256 e. The van der Waals surface area contributed by atoms with Crippen molar-refractivity contribution in [2.24, 2.45) is 0 Å². The number of pyridine rings is 1. The van der Waals surface area contributed by atoms with Crippen LogP contribution in [-0.4, -0.2) is 49.2 Å². The van der Waals surface area contributed by atoms with Crippen molar-refractivity contribution < 1.29 is 9.59 Å². The van der Waals surface area contributed by atoms with E-state index in [0.29, 0.717) is 29.4 Å². The molecule has 1 unspecified atom stereocenters. The lowest BCUT2D eigenvalue weighted by atomic mass is 9.97. The van der Waals surface area contributed by atoms with E-state index in [1.54, 1.807) is 31.5 Å². The third-order valence-electron chi connectivity index (χ3n) is 6.42. The Hall–Kier alpha value is -4.27. The molecule has 178 valence electrons. The maximum absolute atomic E-state index is 12.7. The van der Waals surface area contributed by atoms with Crippen LogP contribution in [0.1, 0.15) is 47.4 Å². The average molecular weight is 470 g/mol. The SMILES string of the molecule is CC(=O)N1CCCC(c2nc(-c3ccc(C(=O)Nc4cc(C)ccn4)cc3)c3c(N)nccn23)C1. The van der Waals surface area contributed by atoms with Gasteiger partial charge in [0.2, 0.25) is 5.91 Å². The second kappa shape index (κ2) is 9.17. The van der Waals surface area contributed by atoms with Crippen LogP contribution in [0.5, 0.6) is 0 Å². The summed E-state index contributed by atoms with van der Waals surface area (Å²) in [5.41, 5.74) is 10.1. The molecule has 9 heteroatoms. The van der Waals surface area contributed by atoms with Crippen molar-refractivity contribution in [3.63, 3.8) is 0 Å². The zero-order valence-electron chi connectivity index (χ0n) is 19.7. The minimum Gasteiger partial charge on any atom is -0.382 e. The van der Waals surface area contributed by atoms with Gasteiger partial charge in [-0.3, -0.25) is 14.0 Å². The number of amides is 2. The highest BCUT2D eigenvalue weighted by atomic mass is 16.2. The fourth-order valence-electron chi connectivity index (χ4n) is 4.62. The highest BCUT2D eigenvalue weighted by Gasteiger charge is 2.28. The Labute approximate surface area is 203 Å². The summed E-state index contributed by atoms with van der Waals surface area (Å²) in [6.45, 7) is 4.95. The lowest BCUT2D eigenvalue weighted by Gasteiger charge is -2.31. The fourth-order valence-corrected chi connectivity index (χ4v) is 4.62. The molecule has 4 aromatic rings. The number of nitrogen functional groups attached to an aromatic ring is 1. The number of rotatable bonds is 4. The van der Waals surface area contributed by atoms with Gasteiger partial charge in [-0.15, -0.1) is 0 Å². The lowest BCUT2D eigenvalue weighted by Crippen LogP contribution is -2.38. The number of imidazole rings is 1. The zero-order chi connectivity index (χ0) is 24.5. The van der Waals surface area contributed by atoms with Crippen molar-refractivity contribution in [1.82, 2.24) is 24.3 Å². The minimum atomic E-state index is -0.238. The molecule has 1 aliphatic heterocycles. The van der Waals surface area contributed by atoms with Crippen LogP contribution in [0.15, 0.2) is 55.0 Å². The van der Waals surface area contributed by atoms with E-state index in [2.05, 4.69) is 15.3 Å². The summed E-state index contributed by atoms with van der Waals surface area (Å²) in [5.74, 6) is 1.69. The number of piperidine rings is 1. The van der Waals surface area contributed by atoms with Gasteiger partial charge in [-0.1, -0.05) is 12.1 Å². The zero-order valence-corrected chi connectivity index (χ0v) is 19.7. The molecule has 35 heavy (non-hydrogen) atoms. The molecular weight excluding hydrogens is 442 g/mol. The first-order valence-corrected chi connectivity index (χ1v) is 11.6. The molecule has 0 aliphatic carbocycles. The summed E-state index contributed by atoms with van der Waals surface area (Å²) in [6.07, 6.45) is 7.05. The van der Waals surface area contributed by atoms with Crippen molar-refractivity contribution in [3.8, 4) is 11.3 Å². The largest absolute Gasteiger partial charge is 0.382 e. The van der Waals surface area contributed by atoms with Crippen LogP contribution in [-0.2, 0) is 4.79 Å². The standard InChI is InChI=1S/C26H27N7O2/c1-16-9-10-28-21(14-16)30-26(35)19-7-5-18(6-8-19)22-23-24(27)29-11-13-33(23)25(31-22)20-4-3-12-32(15-20)17(2)34/h5-11,13-14,20H,3-4,12,15H2,1-2H3,(H2,27,29)(H,28,30,35). The first-order valence-electron chi connectivity index (χ1n) is 11.6. The second-order valence-corrected chi connectivity index (χ2v) is 8.90. The van der Waals surface area contributed by atoms with Gasteiger partial charge in [0.05, 0.1) is 0 Å². The molecular formula is C26H27N7O2. The van der Waals surface area contributed by atoms with E-state index in [1.165, 1.54) is 0 Å². The molecule has 0 spiro atoms. The molecule has 1 aliphatic rings. The number of nitrogens with zero attached hydrogens (tertiary/aromatic N) is 5. The number of likely N-dealkylation sites (tertiary alicyclic amines) is 1. The molecule has 3 N–H and O–H groups in total. The van der Waals surface area contributed by atoms with Crippen molar-refractivity contribution in [2.75, 3.05) is 24.1 Å². The third-order valence-corrected chi connectivity index (χ3v) is 6.42. The number of hydrogen-bond acceptors (Lipinski definition) is 6. The number of carbonyl (C=O) groups excluding carboxylic acids is 2. The van der Waals surface area contributed by atoms with E-state index >= 15 is 0 Å². The van der Waals surface area contributed by atoms with Crippen LogP contribution in [0.25, 0.3) is 16.8 Å². The van der Waals surface area contributed by atoms with Crippen molar-refractivity contribution >= 4 is 29.0 Å². The number of hydrogen-bond donors (Lipinski definition) is 2. The Bertz CT molecular complexity index is 1410. The fraction of sp³-hybridized carbons (Fsp3) is 0.269. The average Bonchev–Trinajstić information content (AvgIpc) is 3.25. The molecule has 2 amide bonds. The number of carbonyl (C=O) groups is 2. The summed E-state index contributed by atoms with van der Waals surface area (Å²) >= 11 is 0. The molecule has 4 heterocycles.